The third-order valence-electron chi connectivity index (χ3n) is 4.95. The molecule has 1 N–H and O–H groups in total. The molecule has 4 rings (SSSR count). The van der Waals surface area contributed by atoms with Gasteiger partial charge in [0, 0.05) is 30.6 Å². The minimum Gasteiger partial charge on any atom is -0.332 e. The molecule has 4 heterocycles. The number of hydrogen-bond acceptors (Lipinski definition) is 4. The van der Waals surface area contributed by atoms with Gasteiger partial charge >= 0.3 is 0 Å². The second-order valence-electron chi connectivity index (χ2n) is 6.86. The molecule has 0 saturated carbocycles. The first-order chi connectivity index (χ1) is 12.5. The summed E-state index contributed by atoms with van der Waals surface area (Å²) in [6.45, 7) is 4.75. The van der Waals surface area contributed by atoms with Gasteiger partial charge in [0.25, 0.3) is 5.56 Å². The van der Waals surface area contributed by atoms with Gasteiger partial charge in [-0.2, -0.15) is 5.10 Å². The highest BCUT2D eigenvalue weighted by Crippen LogP contribution is 2.29. The van der Waals surface area contributed by atoms with E-state index in [1.807, 2.05) is 24.8 Å². The molecule has 1 atom stereocenters. The summed E-state index contributed by atoms with van der Waals surface area (Å²) in [7, 11) is 0. The van der Waals surface area contributed by atoms with Crippen molar-refractivity contribution < 1.29 is 4.79 Å². The van der Waals surface area contributed by atoms with Crippen LogP contribution in [0, 0.1) is 13.8 Å². The standard InChI is InChI=1S/C18H22N6O2/c1-12-9-13(2)23(21-12)11-18(26)22-8-4-3-5-15(22)14-10-17(25)24-16(20-14)6-7-19-24/h6-7,9-10,15,19H,3-5,8,11H2,1-2H3/t15-/m1/s1. The van der Waals surface area contributed by atoms with E-state index in [1.54, 1.807) is 16.9 Å². The van der Waals surface area contributed by atoms with Crippen molar-refractivity contribution in [3.8, 4) is 0 Å². The van der Waals surface area contributed by atoms with E-state index in [0.29, 0.717) is 17.9 Å². The van der Waals surface area contributed by atoms with Crippen LogP contribution in [0.1, 0.15) is 42.4 Å². The molecule has 3 aromatic heterocycles. The molecule has 0 radical (unpaired) electrons. The fourth-order valence-corrected chi connectivity index (χ4v) is 3.71. The number of rotatable bonds is 3. The number of amides is 1. The van der Waals surface area contributed by atoms with Gasteiger partial charge in [0.1, 0.15) is 6.54 Å². The summed E-state index contributed by atoms with van der Waals surface area (Å²) in [5.74, 6) is 0.0111. The number of nitrogens with zero attached hydrogens (tertiary/aromatic N) is 5. The lowest BCUT2D eigenvalue weighted by atomic mass is 9.99. The molecule has 0 aromatic carbocycles. The van der Waals surface area contributed by atoms with Crippen LogP contribution in [0.2, 0.25) is 0 Å². The average Bonchev–Trinajstić information content (AvgIpc) is 3.21. The lowest BCUT2D eigenvalue weighted by Gasteiger charge is -2.35. The van der Waals surface area contributed by atoms with Gasteiger partial charge in [0.15, 0.2) is 5.65 Å². The van der Waals surface area contributed by atoms with Crippen molar-refractivity contribution in [1.29, 1.82) is 0 Å². The van der Waals surface area contributed by atoms with E-state index in [2.05, 4.69) is 15.2 Å². The number of carbonyl (C=O) groups excluding carboxylic acids is 1. The highest BCUT2D eigenvalue weighted by Gasteiger charge is 2.30. The maximum absolute atomic E-state index is 13.0. The monoisotopic (exact) mass is 354 g/mol. The van der Waals surface area contributed by atoms with Crippen LogP contribution in [-0.4, -0.2) is 41.7 Å². The number of piperidine rings is 1. The Hall–Kier alpha value is -2.90. The quantitative estimate of drug-likeness (QED) is 0.774. The fraction of sp³-hybridized carbons (Fsp3) is 0.444. The largest absolute Gasteiger partial charge is 0.332 e. The molecule has 1 saturated heterocycles. The van der Waals surface area contributed by atoms with E-state index < -0.39 is 0 Å². The van der Waals surface area contributed by atoms with E-state index in [0.717, 1.165) is 30.7 Å². The molecule has 0 unspecified atom stereocenters. The Morgan fingerprint density at radius 1 is 1.31 bits per heavy atom. The van der Waals surface area contributed by atoms with E-state index in [1.165, 1.54) is 10.6 Å². The minimum atomic E-state index is -0.166. The maximum Gasteiger partial charge on any atom is 0.272 e. The summed E-state index contributed by atoms with van der Waals surface area (Å²) in [5.41, 5.74) is 2.94. The number of likely N-dealkylation sites (tertiary alicyclic amines) is 1. The molecule has 3 aromatic rings. The number of carbonyl (C=O) groups is 1. The van der Waals surface area contributed by atoms with Crippen LogP contribution in [0.25, 0.3) is 5.65 Å². The average molecular weight is 354 g/mol. The molecular formula is C18H22N6O2. The molecule has 1 fully saturated rings. The zero-order chi connectivity index (χ0) is 18.3. The Bertz CT molecular complexity index is 1010. The number of aryl methyl sites for hydroxylation is 2. The molecule has 1 aliphatic rings. The minimum absolute atomic E-state index is 0.0111. The van der Waals surface area contributed by atoms with Gasteiger partial charge < -0.3 is 4.90 Å². The van der Waals surface area contributed by atoms with Crippen LogP contribution in [-0.2, 0) is 11.3 Å². The molecule has 26 heavy (non-hydrogen) atoms. The molecule has 8 nitrogen and oxygen atoms in total. The van der Waals surface area contributed by atoms with Crippen molar-refractivity contribution in [2.75, 3.05) is 6.54 Å². The van der Waals surface area contributed by atoms with Gasteiger partial charge in [-0.25, -0.2) is 9.50 Å². The second-order valence-corrected chi connectivity index (χ2v) is 6.86. The molecule has 0 aliphatic carbocycles. The van der Waals surface area contributed by atoms with Crippen LogP contribution in [0.3, 0.4) is 0 Å². The first kappa shape index (κ1) is 16.6. The molecular weight excluding hydrogens is 332 g/mol. The van der Waals surface area contributed by atoms with Crippen molar-refractivity contribution in [2.24, 2.45) is 0 Å². The van der Waals surface area contributed by atoms with Crippen LogP contribution in [0.15, 0.2) is 29.2 Å². The molecule has 8 heteroatoms. The number of nitrogens with one attached hydrogen (secondary N) is 1. The molecule has 0 spiro atoms. The predicted molar refractivity (Wildman–Crippen MR) is 95.8 cm³/mol. The summed E-state index contributed by atoms with van der Waals surface area (Å²) in [6.07, 6.45) is 4.48. The predicted octanol–water partition coefficient (Wildman–Crippen LogP) is 1.59. The highest BCUT2D eigenvalue weighted by atomic mass is 16.2. The number of aromatic amines is 1. The topological polar surface area (TPSA) is 88.3 Å². The lowest BCUT2D eigenvalue weighted by Crippen LogP contribution is -2.41. The Morgan fingerprint density at radius 3 is 2.92 bits per heavy atom. The Kier molecular flexibility index (Phi) is 4.10. The normalized spacial score (nSPS) is 17.8. The van der Waals surface area contributed by atoms with Crippen LogP contribution in [0.5, 0.6) is 0 Å². The zero-order valence-electron chi connectivity index (χ0n) is 15.0. The number of hydrogen-bond donors (Lipinski definition) is 1. The summed E-state index contributed by atoms with van der Waals surface area (Å²) in [6, 6.07) is 5.09. The maximum atomic E-state index is 13.0. The first-order valence-electron chi connectivity index (χ1n) is 8.90. The van der Waals surface area contributed by atoms with Crippen molar-refractivity contribution in [2.45, 2.75) is 45.7 Å². The van der Waals surface area contributed by atoms with E-state index in [-0.39, 0.29) is 24.1 Å². The summed E-state index contributed by atoms with van der Waals surface area (Å²) in [4.78, 5) is 31.7. The van der Waals surface area contributed by atoms with Crippen LogP contribution < -0.4 is 5.56 Å². The van der Waals surface area contributed by atoms with Crippen molar-refractivity contribution >= 4 is 11.6 Å². The second kappa shape index (κ2) is 6.44. The van der Waals surface area contributed by atoms with Gasteiger partial charge in [0.05, 0.1) is 17.4 Å². The summed E-state index contributed by atoms with van der Waals surface area (Å²) in [5, 5.41) is 7.23. The van der Waals surface area contributed by atoms with E-state index >= 15 is 0 Å². The molecule has 0 bridgehead atoms. The number of aromatic nitrogens is 5. The van der Waals surface area contributed by atoms with Crippen LogP contribution >= 0.6 is 0 Å². The molecule has 1 aliphatic heterocycles. The third-order valence-corrected chi connectivity index (χ3v) is 4.95. The van der Waals surface area contributed by atoms with Crippen molar-refractivity contribution in [1.82, 2.24) is 29.3 Å². The summed E-state index contributed by atoms with van der Waals surface area (Å²) < 4.78 is 3.13. The number of H-pyrrole nitrogens is 1. The van der Waals surface area contributed by atoms with E-state index in [9.17, 15) is 9.59 Å². The van der Waals surface area contributed by atoms with Gasteiger partial charge in [-0.1, -0.05) is 0 Å². The fourth-order valence-electron chi connectivity index (χ4n) is 3.71. The van der Waals surface area contributed by atoms with Gasteiger partial charge in [-0.05, 0) is 39.2 Å². The smallest absolute Gasteiger partial charge is 0.272 e. The van der Waals surface area contributed by atoms with Gasteiger partial charge in [-0.3, -0.25) is 19.4 Å². The Labute approximate surface area is 150 Å². The van der Waals surface area contributed by atoms with Gasteiger partial charge in [-0.15, -0.1) is 0 Å². The Morgan fingerprint density at radius 2 is 2.15 bits per heavy atom. The summed E-state index contributed by atoms with van der Waals surface area (Å²) >= 11 is 0. The zero-order valence-corrected chi connectivity index (χ0v) is 15.0. The van der Waals surface area contributed by atoms with Crippen molar-refractivity contribution in [3.63, 3.8) is 0 Å². The highest BCUT2D eigenvalue weighted by molar-refractivity contribution is 5.76. The lowest BCUT2D eigenvalue weighted by molar-refractivity contribution is -0.136. The van der Waals surface area contributed by atoms with Crippen LogP contribution in [0.4, 0.5) is 0 Å². The Balaban J connectivity index is 1.64. The van der Waals surface area contributed by atoms with Crippen molar-refractivity contribution in [3.05, 3.63) is 51.8 Å². The number of fused-ring (bicyclic) bond motifs is 1. The molecule has 1 amide bonds. The third kappa shape index (κ3) is 2.91. The first-order valence-corrected chi connectivity index (χ1v) is 8.90. The molecule has 136 valence electrons. The van der Waals surface area contributed by atoms with E-state index in [4.69, 9.17) is 0 Å². The van der Waals surface area contributed by atoms with Gasteiger partial charge in [0.2, 0.25) is 5.91 Å². The SMILES string of the molecule is Cc1cc(C)n(CC(=O)N2CCCC[C@@H]2c2cc(=O)n3[nH]ccc3n2)n1.